The summed E-state index contributed by atoms with van der Waals surface area (Å²) in [5.41, 5.74) is 1.57. The highest BCUT2D eigenvalue weighted by molar-refractivity contribution is 6.31. The van der Waals surface area contributed by atoms with E-state index in [1.54, 1.807) is 73.8 Å². The first-order valence-corrected chi connectivity index (χ1v) is 9.89. The van der Waals surface area contributed by atoms with Crippen LogP contribution in [0.5, 0.6) is 17.2 Å². The standard InChI is InChI=1S/C24H22ClNO5/c1-15(16-7-9-17(10-8-16)24(28)30-3)26-23(27)21-13-18(25)11-12-22(21)31-20-6-4-5-19(14-20)29-2/h4-15H,1-3H3,(H,26,27)/t15-/m0/s1. The van der Waals surface area contributed by atoms with Crippen molar-refractivity contribution in [2.45, 2.75) is 13.0 Å². The number of carbonyl (C=O) groups is 2. The molecule has 0 radical (unpaired) electrons. The summed E-state index contributed by atoms with van der Waals surface area (Å²) in [4.78, 5) is 24.6. The molecule has 0 spiro atoms. The fourth-order valence-corrected chi connectivity index (χ4v) is 3.12. The van der Waals surface area contributed by atoms with Crippen LogP contribution in [0.1, 0.15) is 39.2 Å². The van der Waals surface area contributed by atoms with Gasteiger partial charge in [0.2, 0.25) is 0 Å². The normalized spacial score (nSPS) is 11.4. The van der Waals surface area contributed by atoms with E-state index < -0.39 is 5.97 Å². The molecule has 1 N–H and O–H groups in total. The van der Waals surface area contributed by atoms with Gasteiger partial charge in [0.05, 0.1) is 31.4 Å². The monoisotopic (exact) mass is 439 g/mol. The molecule has 31 heavy (non-hydrogen) atoms. The van der Waals surface area contributed by atoms with Crippen molar-refractivity contribution in [3.63, 3.8) is 0 Å². The summed E-state index contributed by atoms with van der Waals surface area (Å²) in [7, 11) is 2.90. The Hall–Kier alpha value is -3.51. The third kappa shape index (κ3) is 5.55. The Morgan fingerprint density at radius 2 is 1.65 bits per heavy atom. The third-order valence-corrected chi connectivity index (χ3v) is 4.87. The van der Waals surface area contributed by atoms with Crippen LogP contribution >= 0.6 is 11.6 Å². The molecule has 3 rings (SSSR count). The van der Waals surface area contributed by atoms with Crippen LogP contribution in [0.25, 0.3) is 0 Å². The SMILES string of the molecule is COC(=O)c1ccc([C@H](C)NC(=O)c2cc(Cl)ccc2Oc2cccc(OC)c2)cc1. The molecule has 0 heterocycles. The highest BCUT2D eigenvalue weighted by Crippen LogP contribution is 2.30. The van der Waals surface area contributed by atoms with Crippen molar-refractivity contribution in [1.29, 1.82) is 0 Å². The number of carbonyl (C=O) groups excluding carboxylic acids is 2. The number of hydrogen-bond donors (Lipinski definition) is 1. The van der Waals surface area contributed by atoms with Crippen molar-refractivity contribution in [1.82, 2.24) is 5.32 Å². The molecule has 1 amide bonds. The quantitative estimate of drug-likeness (QED) is 0.497. The molecule has 160 valence electrons. The molecule has 0 aromatic heterocycles. The van der Waals surface area contributed by atoms with Crippen molar-refractivity contribution in [2.24, 2.45) is 0 Å². The van der Waals surface area contributed by atoms with E-state index in [0.29, 0.717) is 33.4 Å². The molecule has 6 nitrogen and oxygen atoms in total. The van der Waals surface area contributed by atoms with Gasteiger partial charge in [-0.15, -0.1) is 0 Å². The Morgan fingerprint density at radius 1 is 0.935 bits per heavy atom. The Labute approximate surface area is 185 Å². The highest BCUT2D eigenvalue weighted by atomic mass is 35.5. The lowest BCUT2D eigenvalue weighted by atomic mass is 10.1. The van der Waals surface area contributed by atoms with Gasteiger partial charge in [0, 0.05) is 11.1 Å². The summed E-state index contributed by atoms with van der Waals surface area (Å²) in [6, 6.07) is 18.5. The zero-order valence-electron chi connectivity index (χ0n) is 17.3. The summed E-state index contributed by atoms with van der Waals surface area (Å²) < 4.78 is 15.8. The summed E-state index contributed by atoms with van der Waals surface area (Å²) in [5.74, 6) is 0.776. The fourth-order valence-electron chi connectivity index (χ4n) is 2.94. The molecule has 0 saturated carbocycles. The van der Waals surface area contributed by atoms with Crippen LogP contribution in [0.2, 0.25) is 5.02 Å². The minimum atomic E-state index is -0.415. The van der Waals surface area contributed by atoms with Crippen LogP contribution in [-0.2, 0) is 4.74 Å². The largest absolute Gasteiger partial charge is 0.497 e. The molecule has 0 aliphatic heterocycles. The van der Waals surface area contributed by atoms with Crippen LogP contribution in [-0.4, -0.2) is 26.1 Å². The van der Waals surface area contributed by atoms with Gasteiger partial charge in [-0.2, -0.15) is 0 Å². The molecule has 0 aliphatic carbocycles. The first-order valence-electron chi connectivity index (χ1n) is 9.52. The maximum Gasteiger partial charge on any atom is 0.337 e. The zero-order chi connectivity index (χ0) is 22.4. The second-order valence-electron chi connectivity index (χ2n) is 6.73. The lowest BCUT2D eigenvalue weighted by molar-refractivity contribution is 0.0600. The van der Waals surface area contributed by atoms with E-state index in [1.165, 1.54) is 7.11 Å². The lowest BCUT2D eigenvalue weighted by Crippen LogP contribution is -2.27. The van der Waals surface area contributed by atoms with Crippen LogP contribution < -0.4 is 14.8 Å². The molecule has 3 aromatic rings. The molecule has 0 saturated heterocycles. The molecule has 1 atom stereocenters. The van der Waals surface area contributed by atoms with E-state index in [2.05, 4.69) is 5.32 Å². The van der Waals surface area contributed by atoms with Gasteiger partial charge in [-0.25, -0.2) is 4.79 Å². The van der Waals surface area contributed by atoms with Crippen molar-refractivity contribution < 1.29 is 23.8 Å². The van der Waals surface area contributed by atoms with Gasteiger partial charge in [-0.3, -0.25) is 4.79 Å². The van der Waals surface area contributed by atoms with Crippen molar-refractivity contribution >= 4 is 23.5 Å². The van der Waals surface area contributed by atoms with Gasteiger partial charge in [-0.05, 0) is 55.0 Å². The summed E-state index contributed by atoms with van der Waals surface area (Å²) in [6.07, 6.45) is 0. The maximum atomic E-state index is 13.0. The van der Waals surface area contributed by atoms with Gasteiger partial charge in [0.1, 0.15) is 17.2 Å². The summed E-state index contributed by atoms with van der Waals surface area (Å²) in [5, 5.41) is 3.35. The predicted octanol–water partition coefficient (Wildman–Crippen LogP) is 5.42. The van der Waals surface area contributed by atoms with E-state index in [4.69, 9.17) is 25.8 Å². The van der Waals surface area contributed by atoms with Gasteiger partial charge >= 0.3 is 5.97 Å². The fraction of sp³-hybridized carbons (Fsp3) is 0.167. The van der Waals surface area contributed by atoms with Crippen LogP contribution in [0, 0.1) is 0 Å². The Morgan fingerprint density at radius 3 is 2.32 bits per heavy atom. The van der Waals surface area contributed by atoms with E-state index >= 15 is 0 Å². The van der Waals surface area contributed by atoms with E-state index in [9.17, 15) is 9.59 Å². The molecular weight excluding hydrogens is 418 g/mol. The van der Waals surface area contributed by atoms with Gasteiger partial charge in [0.25, 0.3) is 5.91 Å². The highest BCUT2D eigenvalue weighted by Gasteiger charge is 2.18. The number of amides is 1. The molecular formula is C24H22ClNO5. The van der Waals surface area contributed by atoms with Gasteiger partial charge < -0.3 is 19.5 Å². The molecule has 0 aliphatic rings. The summed E-state index contributed by atoms with van der Waals surface area (Å²) >= 11 is 6.13. The minimum absolute atomic E-state index is 0.299. The Bertz CT molecular complexity index is 1080. The molecule has 3 aromatic carbocycles. The zero-order valence-corrected chi connectivity index (χ0v) is 18.1. The maximum absolute atomic E-state index is 13.0. The molecule has 7 heteroatoms. The second kappa shape index (κ2) is 10.00. The number of methoxy groups -OCH3 is 2. The lowest BCUT2D eigenvalue weighted by Gasteiger charge is -2.17. The smallest absolute Gasteiger partial charge is 0.337 e. The van der Waals surface area contributed by atoms with Crippen LogP contribution in [0.15, 0.2) is 66.7 Å². The number of benzene rings is 3. The average molecular weight is 440 g/mol. The Balaban J connectivity index is 1.79. The third-order valence-electron chi connectivity index (χ3n) is 4.63. The van der Waals surface area contributed by atoms with Crippen molar-refractivity contribution in [3.8, 4) is 17.2 Å². The number of esters is 1. The minimum Gasteiger partial charge on any atom is -0.497 e. The number of halogens is 1. The number of rotatable bonds is 7. The van der Waals surface area contributed by atoms with E-state index in [-0.39, 0.29) is 11.9 Å². The van der Waals surface area contributed by atoms with Crippen LogP contribution in [0.4, 0.5) is 0 Å². The molecule has 0 bridgehead atoms. The van der Waals surface area contributed by atoms with Crippen molar-refractivity contribution in [2.75, 3.05) is 14.2 Å². The first-order chi connectivity index (χ1) is 14.9. The average Bonchev–Trinajstić information content (AvgIpc) is 2.79. The molecule has 0 unspecified atom stereocenters. The van der Waals surface area contributed by atoms with E-state index in [1.807, 2.05) is 6.92 Å². The van der Waals surface area contributed by atoms with Gasteiger partial charge in [-0.1, -0.05) is 29.8 Å². The number of hydrogen-bond acceptors (Lipinski definition) is 5. The second-order valence-corrected chi connectivity index (χ2v) is 7.17. The van der Waals surface area contributed by atoms with Crippen molar-refractivity contribution in [3.05, 3.63) is 88.4 Å². The summed E-state index contributed by atoms with van der Waals surface area (Å²) in [6.45, 7) is 1.85. The topological polar surface area (TPSA) is 73.9 Å². The molecule has 0 fully saturated rings. The predicted molar refractivity (Wildman–Crippen MR) is 118 cm³/mol. The van der Waals surface area contributed by atoms with E-state index in [0.717, 1.165) is 5.56 Å². The Kier molecular flexibility index (Phi) is 7.15. The number of nitrogens with one attached hydrogen (secondary N) is 1. The van der Waals surface area contributed by atoms with Gasteiger partial charge in [0.15, 0.2) is 0 Å². The first kappa shape index (κ1) is 22.2. The van der Waals surface area contributed by atoms with Crippen LogP contribution in [0.3, 0.4) is 0 Å². The number of ether oxygens (including phenoxy) is 3.